The average Bonchev–Trinajstić information content (AvgIpc) is 2.42. The zero-order chi connectivity index (χ0) is 15.6. The van der Waals surface area contributed by atoms with Gasteiger partial charge in [0.25, 0.3) is 10.0 Å². The molecule has 0 fully saturated rings. The van der Waals surface area contributed by atoms with E-state index < -0.39 is 10.0 Å². The Hall–Kier alpha value is -2.79. The molecule has 2 rings (SSSR count). The van der Waals surface area contributed by atoms with Crippen molar-refractivity contribution in [1.82, 2.24) is 4.57 Å². The molecule has 0 bridgehead atoms. The van der Waals surface area contributed by atoms with Crippen molar-refractivity contribution in [2.75, 3.05) is 10.5 Å². The van der Waals surface area contributed by atoms with E-state index in [-0.39, 0.29) is 27.4 Å². The molecule has 0 spiro atoms. The van der Waals surface area contributed by atoms with Gasteiger partial charge in [0.15, 0.2) is 0 Å². The van der Waals surface area contributed by atoms with Gasteiger partial charge in [-0.1, -0.05) is 0 Å². The Labute approximate surface area is 121 Å². The normalized spacial score (nSPS) is 10.9. The van der Waals surface area contributed by atoms with Crippen molar-refractivity contribution in [3.05, 3.63) is 52.4 Å². The topological polar surface area (TPSA) is 118 Å². The molecule has 0 aliphatic rings. The van der Waals surface area contributed by atoms with Gasteiger partial charge in [0.2, 0.25) is 5.56 Å². The second kappa shape index (κ2) is 5.30. The lowest BCUT2D eigenvalue weighted by Gasteiger charge is -2.11. The Morgan fingerprint density at radius 3 is 2.57 bits per heavy atom. The molecule has 0 amide bonds. The number of anilines is 2. The van der Waals surface area contributed by atoms with Gasteiger partial charge in [0.1, 0.15) is 4.90 Å². The van der Waals surface area contributed by atoms with Crippen molar-refractivity contribution >= 4 is 21.4 Å². The number of aryl methyl sites for hydroxylation is 1. The van der Waals surface area contributed by atoms with Crippen LogP contribution in [-0.2, 0) is 17.1 Å². The van der Waals surface area contributed by atoms with Crippen LogP contribution in [0.3, 0.4) is 0 Å². The lowest BCUT2D eigenvalue weighted by atomic mass is 10.2. The fraction of sp³-hybridized carbons (Fsp3) is 0.0769. The SMILES string of the molecule is Cn1cc(NS(=O)(=O)c2ccc(C#N)cc2N)ccc1=O. The molecule has 7 nitrogen and oxygen atoms in total. The second-order valence-corrected chi connectivity index (χ2v) is 5.99. The van der Waals surface area contributed by atoms with E-state index in [1.165, 1.54) is 48.1 Å². The summed E-state index contributed by atoms with van der Waals surface area (Å²) in [6.07, 6.45) is 1.36. The Morgan fingerprint density at radius 2 is 2.00 bits per heavy atom. The van der Waals surface area contributed by atoms with Gasteiger partial charge in [-0.05, 0) is 24.3 Å². The molecule has 0 aliphatic carbocycles. The first-order chi connectivity index (χ1) is 9.83. The molecular weight excluding hydrogens is 292 g/mol. The molecule has 1 aromatic carbocycles. The highest BCUT2D eigenvalue weighted by Crippen LogP contribution is 2.22. The molecule has 108 valence electrons. The molecule has 1 heterocycles. The van der Waals surface area contributed by atoms with E-state index in [9.17, 15) is 13.2 Å². The molecule has 8 heteroatoms. The summed E-state index contributed by atoms with van der Waals surface area (Å²) in [5.74, 6) is 0. The van der Waals surface area contributed by atoms with Crippen LogP contribution in [0.2, 0.25) is 0 Å². The van der Waals surface area contributed by atoms with Crippen LogP contribution in [0, 0.1) is 11.3 Å². The third-order valence-electron chi connectivity index (χ3n) is 2.77. The maximum Gasteiger partial charge on any atom is 0.263 e. The standard InChI is InChI=1S/C13H12N4O3S/c1-17-8-10(3-5-13(17)18)16-21(19,20)12-4-2-9(7-14)6-11(12)15/h2-6,8,16H,15H2,1H3. The Bertz CT molecular complexity index is 894. The number of hydrogen-bond donors (Lipinski definition) is 2. The third kappa shape index (κ3) is 3.04. The quantitative estimate of drug-likeness (QED) is 0.807. The first kappa shape index (κ1) is 14.6. The number of hydrogen-bond acceptors (Lipinski definition) is 5. The summed E-state index contributed by atoms with van der Waals surface area (Å²) >= 11 is 0. The van der Waals surface area contributed by atoms with E-state index in [0.717, 1.165) is 0 Å². The van der Waals surface area contributed by atoms with E-state index in [1.807, 2.05) is 6.07 Å². The second-order valence-electron chi connectivity index (χ2n) is 4.34. The van der Waals surface area contributed by atoms with Crippen LogP contribution in [0.15, 0.2) is 46.2 Å². The highest BCUT2D eigenvalue weighted by molar-refractivity contribution is 7.92. The van der Waals surface area contributed by atoms with Crippen molar-refractivity contribution in [3.63, 3.8) is 0 Å². The summed E-state index contributed by atoms with van der Waals surface area (Å²) in [6, 6.07) is 8.40. The van der Waals surface area contributed by atoms with Gasteiger partial charge < -0.3 is 10.3 Å². The molecular formula is C13H12N4O3S. The van der Waals surface area contributed by atoms with Crippen molar-refractivity contribution < 1.29 is 8.42 Å². The zero-order valence-electron chi connectivity index (χ0n) is 11.1. The molecule has 0 saturated heterocycles. The van der Waals surface area contributed by atoms with Crippen molar-refractivity contribution in [3.8, 4) is 6.07 Å². The van der Waals surface area contributed by atoms with Crippen LogP contribution in [0.25, 0.3) is 0 Å². The van der Waals surface area contributed by atoms with Crippen LogP contribution in [-0.4, -0.2) is 13.0 Å². The molecule has 0 unspecified atom stereocenters. The maximum absolute atomic E-state index is 12.3. The number of aromatic nitrogens is 1. The lowest BCUT2D eigenvalue weighted by Crippen LogP contribution is -2.19. The average molecular weight is 304 g/mol. The van der Waals surface area contributed by atoms with Gasteiger partial charge >= 0.3 is 0 Å². The van der Waals surface area contributed by atoms with Crippen molar-refractivity contribution in [2.45, 2.75) is 4.90 Å². The van der Waals surface area contributed by atoms with E-state index in [0.29, 0.717) is 0 Å². The number of nitrogens with zero attached hydrogens (tertiary/aromatic N) is 2. The lowest BCUT2D eigenvalue weighted by molar-refractivity contribution is 0.601. The predicted molar refractivity (Wildman–Crippen MR) is 78.1 cm³/mol. The number of sulfonamides is 1. The summed E-state index contributed by atoms with van der Waals surface area (Å²) in [4.78, 5) is 11.1. The number of rotatable bonds is 3. The van der Waals surface area contributed by atoms with Gasteiger partial charge in [0.05, 0.1) is 23.0 Å². The largest absolute Gasteiger partial charge is 0.398 e. The summed E-state index contributed by atoms with van der Waals surface area (Å²) in [5, 5.41) is 8.74. The van der Waals surface area contributed by atoms with Gasteiger partial charge in [-0.15, -0.1) is 0 Å². The Morgan fingerprint density at radius 1 is 1.29 bits per heavy atom. The summed E-state index contributed by atoms with van der Waals surface area (Å²) in [7, 11) is -2.39. The molecule has 0 atom stereocenters. The van der Waals surface area contributed by atoms with Crippen molar-refractivity contribution in [2.24, 2.45) is 7.05 Å². The Balaban J connectivity index is 2.41. The molecule has 3 N–H and O–H groups in total. The molecule has 0 radical (unpaired) electrons. The van der Waals surface area contributed by atoms with Crippen LogP contribution in [0.5, 0.6) is 0 Å². The number of nitrogens with two attached hydrogens (primary N) is 1. The number of nitriles is 1. The van der Waals surface area contributed by atoms with Crippen molar-refractivity contribution in [1.29, 1.82) is 5.26 Å². The van der Waals surface area contributed by atoms with Gasteiger partial charge in [-0.25, -0.2) is 8.42 Å². The van der Waals surface area contributed by atoms with Crippen LogP contribution < -0.4 is 16.0 Å². The highest BCUT2D eigenvalue weighted by Gasteiger charge is 2.18. The van der Waals surface area contributed by atoms with Gasteiger partial charge in [-0.2, -0.15) is 5.26 Å². The summed E-state index contributed by atoms with van der Waals surface area (Å²) in [6.45, 7) is 0. The smallest absolute Gasteiger partial charge is 0.263 e. The number of pyridine rings is 1. The Kier molecular flexibility index (Phi) is 3.69. The van der Waals surface area contributed by atoms with Crippen LogP contribution in [0.4, 0.5) is 11.4 Å². The minimum Gasteiger partial charge on any atom is -0.398 e. The fourth-order valence-corrected chi connectivity index (χ4v) is 2.88. The first-order valence-corrected chi connectivity index (χ1v) is 7.31. The van der Waals surface area contributed by atoms with Gasteiger partial charge in [0, 0.05) is 19.3 Å². The summed E-state index contributed by atoms with van der Waals surface area (Å²) < 4.78 is 28.1. The summed E-state index contributed by atoms with van der Waals surface area (Å²) in [5.41, 5.74) is 5.90. The van der Waals surface area contributed by atoms with E-state index in [4.69, 9.17) is 11.0 Å². The minimum atomic E-state index is -3.90. The molecule has 2 aromatic rings. The molecule has 21 heavy (non-hydrogen) atoms. The molecule has 0 saturated carbocycles. The number of benzene rings is 1. The van der Waals surface area contributed by atoms with Crippen LogP contribution in [0.1, 0.15) is 5.56 Å². The van der Waals surface area contributed by atoms with Crippen LogP contribution >= 0.6 is 0 Å². The number of nitrogens with one attached hydrogen (secondary N) is 1. The monoisotopic (exact) mass is 304 g/mol. The zero-order valence-corrected chi connectivity index (χ0v) is 11.9. The van der Waals surface area contributed by atoms with Gasteiger partial charge in [-0.3, -0.25) is 9.52 Å². The fourth-order valence-electron chi connectivity index (χ4n) is 1.73. The molecule has 0 aliphatic heterocycles. The predicted octanol–water partition coefficient (Wildman–Crippen LogP) is 0.640. The van der Waals surface area contributed by atoms with E-state index in [1.54, 1.807) is 0 Å². The highest BCUT2D eigenvalue weighted by atomic mass is 32.2. The number of nitrogen functional groups attached to an aromatic ring is 1. The minimum absolute atomic E-state index is 0.0219. The van der Waals surface area contributed by atoms with E-state index >= 15 is 0 Å². The maximum atomic E-state index is 12.3. The molecule has 1 aromatic heterocycles. The third-order valence-corrected chi connectivity index (χ3v) is 4.22. The van der Waals surface area contributed by atoms with E-state index in [2.05, 4.69) is 4.72 Å². The first-order valence-electron chi connectivity index (χ1n) is 5.82.